The van der Waals surface area contributed by atoms with Crippen LogP contribution in [0, 0.1) is 0 Å². The molecular weight excluding hydrogens is 210 g/mol. The van der Waals surface area contributed by atoms with Gasteiger partial charge in [0.1, 0.15) is 0 Å². The van der Waals surface area contributed by atoms with Crippen molar-refractivity contribution in [2.45, 2.75) is 13.1 Å². The molecule has 3 rings (SSSR count). The number of nitrogens with one attached hydrogen (secondary N) is 1. The number of benzene rings is 1. The summed E-state index contributed by atoms with van der Waals surface area (Å²) < 4.78 is 1.96. The summed E-state index contributed by atoms with van der Waals surface area (Å²) in [6, 6.07) is 7.72. The molecule has 0 radical (unpaired) electrons. The van der Waals surface area contributed by atoms with Crippen molar-refractivity contribution in [3.05, 3.63) is 46.7 Å². The van der Waals surface area contributed by atoms with Crippen molar-refractivity contribution in [3.8, 4) is 5.69 Å². The second kappa shape index (κ2) is 3.36. The highest BCUT2D eigenvalue weighted by molar-refractivity contribution is 6.30. The fourth-order valence-corrected chi connectivity index (χ4v) is 1.99. The molecule has 1 aliphatic heterocycles. The van der Waals surface area contributed by atoms with Gasteiger partial charge in [-0.15, -0.1) is 0 Å². The summed E-state index contributed by atoms with van der Waals surface area (Å²) in [7, 11) is 0. The average Bonchev–Trinajstić information content (AvgIpc) is 2.80. The van der Waals surface area contributed by atoms with Crippen molar-refractivity contribution in [1.29, 1.82) is 0 Å². The van der Waals surface area contributed by atoms with Gasteiger partial charge in [-0.1, -0.05) is 11.6 Å². The first-order valence-electron chi connectivity index (χ1n) is 4.87. The van der Waals surface area contributed by atoms with E-state index in [4.69, 9.17) is 11.6 Å². The molecule has 0 unspecified atom stereocenters. The predicted octanol–water partition coefficient (Wildman–Crippen LogP) is 2.13. The summed E-state index contributed by atoms with van der Waals surface area (Å²) in [6.45, 7) is 1.81. The van der Waals surface area contributed by atoms with E-state index < -0.39 is 0 Å². The number of nitrogens with zero attached hydrogens (tertiary/aromatic N) is 2. The fraction of sp³-hybridized carbons (Fsp3) is 0.182. The topological polar surface area (TPSA) is 29.9 Å². The molecule has 76 valence electrons. The molecule has 1 N–H and O–H groups in total. The summed E-state index contributed by atoms with van der Waals surface area (Å²) in [5.41, 5.74) is 3.59. The van der Waals surface area contributed by atoms with E-state index in [-0.39, 0.29) is 0 Å². The minimum absolute atomic E-state index is 0.751. The molecule has 4 heteroatoms. The lowest BCUT2D eigenvalue weighted by Gasteiger charge is -2.04. The first kappa shape index (κ1) is 8.95. The monoisotopic (exact) mass is 219 g/mol. The highest BCUT2D eigenvalue weighted by atomic mass is 35.5. The van der Waals surface area contributed by atoms with Crippen molar-refractivity contribution < 1.29 is 0 Å². The Morgan fingerprint density at radius 1 is 1.20 bits per heavy atom. The molecule has 0 saturated carbocycles. The van der Waals surface area contributed by atoms with Crippen LogP contribution in [-0.4, -0.2) is 9.78 Å². The summed E-state index contributed by atoms with van der Waals surface area (Å²) in [5.74, 6) is 0. The lowest BCUT2D eigenvalue weighted by Crippen LogP contribution is -2.07. The maximum Gasteiger partial charge on any atom is 0.0650 e. The third-order valence-corrected chi connectivity index (χ3v) is 2.89. The van der Waals surface area contributed by atoms with Gasteiger partial charge in [0.05, 0.1) is 17.6 Å². The van der Waals surface area contributed by atoms with Crippen LogP contribution in [0.3, 0.4) is 0 Å². The van der Waals surface area contributed by atoms with Gasteiger partial charge in [0.25, 0.3) is 0 Å². The maximum atomic E-state index is 5.85. The molecule has 0 amide bonds. The number of fused-ring (bicyclic) bond motifs is 1. The molecule has 0 spiro atoms. The lowest BCUT2D eigenvalue weighted by atomic mass is 10.3. The predicted molar refractivity (Wildman–Crippen MR) is 59.1 cm³/mol. The first-order chi connectivity index (χ1) is 7.34. The van der Waals surface area contributed by atoms with E-state index in [1.165, 1.54) is 11.3 Å². The fourth-order valence-electron chi connectivity index (χ4n) is 1.86. The van der Waals surface area contributed by atoms with Crippen molar-refractivity contribution in [2.75, 3.05) is 0 Å². The van der Waals surface area contributed by atoms with Gasteiger partial charge in [-0.05, 0) is 24.3 Å². The van der Waals surface area contributed by atoms with Crippen molar-refractivity contribution in [1.82, 2.24) is 15.1 Å². The van der Waals surface area contributed by atoms with E-state index in [0.717, 1.165) is 23.8 Å². The van der Waals surface area contributed by atoms with Gasteiger partial charge in [0, 0.05) is 23.7 Å². The summed E-state index contributed by atoms with van der Waals surface area (Å²) in [6.07, 6.45) is 1.92. The Labute approximate surface area is 92.7 Å². The molecule has 1 aromatic carbocycles. The average molecular weight is 220 g/mol. The highest BCUT2D eigenvalue weighted by Gasteiger charge is 2.16. The molecule has 0 fully saturated rings. The van der Waals surface area contributed by atoms with E-state index in [0.29, 0.717) is 0 Å². The Morgan fingerprint density at radius 2 is 2.00 bits per heavy atom. The van der Waals surface area contributed by atoms with Crippen LogP contribution >= 0.6 is 11.6 Å². The second-order valence-corrected chi connectivity index (χ2v) is 4.04. The van der Waals surface area contributed by atoms with E-state index in [9.17, 15) is 0 Å². The maximum absolute atomic E-state index is 5.85. The molecule has 2 aromatic rings. The SMILES string of the molecule is Clc1ccc(-n2ncc3c2CNC3)cc1. The van der Waals surface area contributed by atoms with Crippen LogP contribution in [0.5, 0.6) is 0 Å². The standard InChI is InChI=1S/C11H10ClN3/c12-9-1-3-10(4-2-9)15-11-7-13-5-8(11)6-14-15/h1-4,6,13H,5,7H2. The Hall–Kier alpha value is -1.32. The minimum Gasteiger partial charge on any atom is -0.307 e. The third-order valence-electron chi connectivity index (χ3n) is 2.63. The molecule has 15 heavy (non-hydrogen) atoms. The van der Waals surface area contributed by atoms with E-state index in [1.807, 2.05) is 35.1 Å². The minimum atomic E-state index is 0.751. The highest BCUT2D eigenvalue weighted by Crippen LogP contribution is 2.20. The van der Waals surface area contributed by atoms with Crippen LogP contribution < -0.4 is 5.32 Å². The molecular formula is C11H10ClN3. The van der Waals surface area contributed by atoms with Crippen LogP contribution in [0.15, 0.2) is 30.5 Å². The lowest BCUT2D eigenvalue weighted by molar-refractivity contribution is 0.711. The molecule has 0 atom stereocenters. The Morgan fingerprint density at radius 3 is 2.80 bits per heavy atom. The van der Waals surface area contributed by atoms with Gasteiger partial charge in [-0.25, -0.2) is 4.68 Å². The number of halogens is 1. The Kier molecular flexibility index (Phi) is 2.01. The van der Waals surface area contributed by atoms with Crippen LogP contribution in [0.2, 0.25) is 5.02 Å². The van der Waals surface area contributed by atoms with Gasteiger partial charge in [-0.2, -0.15) is 5.10 Å². The molecule has 0 saturated heterocycles. The summed E-state index contributed by atoms with van der Waals surface area (Å²) >= 11 is 5.85. The van der Waals surface area contributed by atoms with Gasteiger partial charge >= 0.3 is 0 Å². The van der Waals surface area contributed by atoms with Crippen LogP contribution in [0.1, 0.15) is 11.3 Å². The summed E-state index contributed by atoms with van der Waals surface area (Å²) in [4.78, 5) is 0. The third kappa shape index (κ3) is 1.44. The number of aromatic nitrogens is 2. The van der Waals surface area contributed by atoms with Gasteiger partial charge in [0.2, 0.25) is 0 Å². The van der Waals surface area contributed by atoms with Gasteiger partial charge in [0.15, 0.2) is 0 Å². The van der Waals surface area contributed by atoms with Crippen molar-refractivity contribution >= 4 is 11.6 Å². The van der Waals surface area contributed by atoms with Crippen molar-refractivity contribution in [3.63, 3.8) is 0 Å². The molecule has 2 heterocycles. The largest absolute Gasteiger partial charge is 0.307 e. The molecule has 3 nitrogen and oxygen atoms in total. The van der Waals surface area contributed by atoms with Crippen molar-refractivity contribution in [2.24, 2.45) is 0 Å². The first-order valence-corrected chi connectivity index (χ1v) is 5.25. The zero-order valence-corrected chi connectivity index (χ0v) is 8.83. The normalized spacial score (nSPS) is 14.2. The number of rotatable bonds is 1. The second-order valence-electron chi connectivity index (χ2n) is 3.61. The molecule has 0 bridgehead atoms. The van der Waals surface area contributed by atoms with Crippen LogP contribution in [-0.2, 0) is 13.1 Å². The Bertz CT molecular complexity index is 487. The zero-order chi connectivity index (χ0) is 10.3. The van der Waals surface area contributed by atoms with E-state index in [2.05, 4.69) is 10.4 Å². The van der Waals surface area contributed by atoms with Gasteiger partial charge in [-0.3, -0.25) is 0 Å². The molecule has 1 aromatic heterocycles. The van der Waals surface area contributed by atoms with E-state index in [1.54, 1.807) is 0 Å². The number of hydrogen-bond acceptors (Lipinski definition) is 2. The summed E-state index contributed by atoms with van der Waals surface area (Å²) in [5, 5.41) is 8.42. The molecule has 0 aliphatic carbocycles. The zero-order valence-electron chi connectivity index (χ0n) is 8.07. The van der Waals surface area contributed by atoms with Gasteiger partial charge < -0.3 is 5.32 Å². The quantitative estimate of drug-likeness (QED) is 0.797. The number of hydrogen-bond donors (Lipinski definition) is 1. The van der Waals surface area contributed by atoms with E-state index >= 15 is 0 Å². The van der Waals surface area contributed by atoms with Crippen LogP contribution in [0.25, 0.3) is 5.69 Å². The Balaban J connectivity index is 2.09. The smallest absolute Gasteiger partial charge is 0.0650 e. The molecule has 1 aliphatic rings. The van der Waals surface area contributed by atoms with Crippen LogP contribution in [0.4, 0.5) is 0 Å².